The van der Waals surface area contributed by atoms with Crippen molar-refractivity contribution in [2.24, 2.45) is 0 Å². The number of benzene rings is 3. The third-order valence-electron chi connectivity index (χ3n) is 5.36. The van der Waals surface area contributed by atoms with Crippen LogP contribution in [0.5, 0.6) is 0 Å². The number of carbonyl (C=O) groups excluding carboxylic acids is 2. The van der Waals surface area contributed by atoms with Crippen LogP contribution in [0.25, 0.3) is 0 Å². The van der Waals surface area contributed by atoms with Gasteiger partial charge in [-0.1, -0.05) is 49.4 Å². The lowest BCUT2D eigenvalue weighted by molar-refractivity contribution is -0.140. The number of amides is 3. The van der Waals surface area contributed by atoms with Crippen LogP contribution in [0.2, 0.25) is 0 Å². The van der Waals surface area contributed by atoms with Gasteiger partial charge < -0.3 is 15.7 Å². The molecule has 3 aromatic carbocycles. The Bertz CT molecular complexity index is 1120. The number of nitrogens with one attached hydrogen (secondary N) is 2. The second-order valence-corrected chi connectivity index (χ2v) is 7.31. The van der Waals surface area contributed by atoms with Gasteiger partial charge in [0.2, 0.25) is 0 Å². The maximum Gasteiger partial charge on any atom is 0.329 e. The first-order valence-corrected chi connectivity index (χ1v) is 9.98. The van der Waals surface area contributed by atoms with Gasteiger partial charge in [-0.05, 0) is 47.9 Å². The Kier molecular flexibility index (Phi) is 5.44. The minimum atomic E-state index is -2.27. The molecule has 0 saturated carbocycles. The van der Waals surface area contributed by atoms with Crippen LogP contribution in [-0.2, 0) is 23.5 Å². The van der Waals surface area contributed by atoms with Crippen LogP contribution < -0.4 is 15.5 Å². The Morgan fingerprint density at radius 3 is 2.35 bits per heavy atom. The fourth-order valence-corrected chi connectivity index (χ4v) is 3.65. The standard InChI is InChI=1S/C24H22FN3O3/c1-2-16-9-13-19(14-10-16)28-23(30)27-21-6-4-3-5-20(21)24(28,31)22(29)26-15-17-7-11-18(25)12-8-17/h3-14,31H,2,15H2,1H3,(H,26,29)(H,27,30)/t24-/m0/s1. The third kappa shape index (κ3) is 3.75. The third-order valence-corrected chi connectivity index (χ3v) is 5.36. The Balaban J connectivity index is 1.73. The minimum absolute atomic E-state index is 0.0633. The number of aliphatic hydroxyl groups is 1. The van der Waals surface area contributed by atoms with Gasteiger partial charge in [-0.2, -0.15) is 0 Å². The molecule has 0 spiro atoms. The van der Waals surface area contributed by atoms with Crippen molar-refractivity contribution in [3.8, 4) is 0 Å². The smallest absolute Gasteiger partial charge is 0.329 e. The van der Waals surface area contributed by atoms with Gasteiger partial charge in [-0.25, -0.2) is 9.18 Å². The molecule has 7 heteroatoms. The molecule has 3 aromatic rings. The summed E-state index contributed by atoms with van der Waals surface area (Å²) in [4.78, 5) is 27.3. The van der Waals surface area contributed by atoms with Crippen molar-refractivity contribution in [2.45, 2.75) is 25.6 Å². The Hall–Kier alpha value is -3.71. The summed E-state index contributed by atoms with van der Waals surface area (Å²) in [5.41, 5.74) is 0.437. The van der Waals surface area contributed by atoms with Crippen molar-refractivity contribution in [1.82, 2.24) is 5.32 Å². The summed E-state index contributed by atoms with van der Waals surface area (Å²) in [5.74, 6) is -1.15. The molecule has 3 amide bonds. The van der Waals surface area contributed by atoms with Gasteiger partial charge in [0.05, 0.1) is 5.69 Å². The van der Waals surface area contributed by atoms with Gasteiger partial charge in [-0.3, -0.25) is 9.69 Å². The summed E-state index contributed by atoms with van der Waals surface area (Å²) < 4.78 is 13.2. The predicted octanol–water partition coefficient (Wildman–Crippen LogP) is 3.90. The van der Waals surface area contributed by atoms with Crippen LogP contribution >= 0.6 is 0 Å². The summed E-state index contributed by atoms with van der Waals surface area (Å²) in [7, 11) is 0. The van der Waals surface area contributed by atoms with Gasteiger partial charge >= 0.3 is 6.03 Å². The van der Waals surface area contributed by atoms with Crippen molar-refractivity contribution >= 4 is 23.3 Å². The highest BCUT2D eigenvalue weighted by atomic mass is 19.1. The van der Waals surface area contributed by atoms with Crippen LogP contribution in [0.3, 0.4) is 0 Å². The predicted molar refractivity (Wildman–Crippen MR) is 116 cm³/mol. The maximum absolute atomic E-state index is 13.3. The molecule has 0 bridgehead atoms. The molecule has 6 nitrogen and oxygen atoms in total. The van der Waals surface area contributed by atoms with E-state index in [2.05, 4.69) is 10.6 Å². The number of aryl methyl sites for hydroxylation is 1. The number of fused-ring (bicyclic) bond motifs is 1. The van der Waals surface area contributed by atoms with Crippen molar-refractivity contribution in [1.29, 1.82) is 0 Å². The molecule has 158 valence electrons. The van der Waals surface area contributed by atoms with E-state index in [-0.39, 0.29) is 17.9 Å². The largest absolute Gasteiger partial charge is 0.359 e. The lowest BCUT2D eigenvalue weighted by Gasteiger charge is -2.42. The second kappa shape index (κ2) is 8.20. The SMILES string of the molecule is CCc1ccc(N2C(=O)Nc3ccccc3[C@]2(O)C(=O)NCc2ccc(F)cc2)cc1. The van der Waals surface area contributed by atoms with Crippen molar-refractivity contribution in [3.63, 3.8) is 0 Å². The number of hydrogen-bond donors (Lipinski definition) is 3. The summed E-state index contributed by atoms with van der Waals surface area (Å²) in [6.45, 7) is 2.08. The number of para-hydroxylation sites is 1. The molecule has 1 atom stereocenters. The highest BCUT2D eigenvalue weighted by Gasteiger charge is 2.51. The molecule has 0 radical (unpaired) electrons. The van der Waals surface area contributed by atoms with E-state index in [1.165, 1.54) is 12.1 Å². The van der Waals surface area contributed by atoms with E-state index >= 15 is 0 Å². The van der Waals surface area contributed by atoms with E-state index in [4.69, 9.17) is 0 Å². The summed E-state index contributed by atoms with van der Waals surface area (Å²) in [6.07, 6.45) is 0.817. The van der Waals surface area contributed by atoms with Crippen LogP contribution in [0, 0.1) is 5.82 Å². The zero-order valence-corrected chi connectivity index (χ0v) is 16.9. The van der Waals surface area contributed by atoms with E-state index in [1.54, 1.807) is 48.5 Å². The first kappa shape index (κ1) is 20.6. The first-order valence-electron chi connectivity index (χ1n) is 9.98. The van der Waals surface area contributed by atoms with Crippen molar-refractivity contribution in [2.75, 3.05) is 10.2 Å². The highest BCUT2D eigenvalue weighted by Crippen LogP contribution is 2.39. The molecule has 0 aromatic heterocycles. The van der Waals surface area contributed by atoms with Crippen LogP contribution in [0.4, 0.5) is 20.6 Å². The zero-order chi connectivity index (χ0) is 22.0. The number of hydrogen-bond acceptors (Lipinski definition) is 3. The number of rotatable bonds is 5. The lowest BCUT2D eigenvalue weighted by atomic mass is 9.94. The Labute approximate surface area is 179 Å². The molecule has 0 unspecified atom stereocenters. The van der Waals surface area contributed by atoms with Gasteiger partial charge in [0.15, 0.2) is 0 Å². The number of carbonyl (C=O) groups is 2. The van der Waals surface area contributed by atoms with Gasteiger partial charge in [0.1, 0.15) is 5.82 Å². The fourth-order valence-electron chi connectivity index (χ4n) is 3.65. The average Bonchev–Trinajstić information content (AvgIpc) is 2.79. The number of halogens is 1. The maximum atomic E-state index is 13.3. The molecule has 0 saturated heterocycles. The molecule has 1 aliphatic heterocycles. The van der Waals surface area contributed by atoms with Crippen LogP contribution in [-0.4, -0.2) is 17.0 Å². The summed E-state index contributed by atoms with van der Waals surface area (Å²) in [5, 5.41) is 17.1. The number of anilines is 2. The molecule has 3 N–H and O–H groups in total. The average molecular weight is 419 g/mol. The molecule has 1 heterocycles. The molecule has 31 heavy (non-hydrogen) atoms. The number of urea groups is 1. The van der Waals surface area contributed by atoms with E-state index in [9.17, 15) is 19.1 Å². The van der Waals surface area contributed by atoms with E-state index < -0.39 is 17.7 Å². The molecule has 4 rings (SSSR count). The highest BCUT2D eigenvalue weighted by molar-refractivity contribution is 6.11. The molecule has 1 aliphatic rings. The second-order valence-electron chi connectivity index (χ2n) is 7.31. The zero-order valence-electron chi connectivity index (χ0n) is 16.9. The first-order chi connectivity index (χ1) is 14.9. The molecular weight excluding hydrogens is 397 g/mol. The quantitative estimate of drug-likeness (QED) is 0.587. The van der Waals surface area contributed by atoms with Gasteiger partial charge in [0.25, 0.3) is 11.6 Å². The molecule has 0 aliphatic carbocycles. The molecular formula is C24H22FN3O3. The van der Waals surface area contributed by atoms with Gasteiger partial charge in [0, 0.05) is 17.8 Å². The normalized spacial score (nSPS) is 17.6. The molecule has 0 fully saturated rings. The Morgan fingerprint density at radius 2 is 1.68 bits per heavy atom. The van der Waals surface area contributed by atoms with Crippen molar-refractivity contribution in [3.05, 3.63) is 95.3 Å². The Morgan fingerprint density at radius 1 is 1.03 bits per heavy atom. The van der Waals surface area contributed by atoms with E-state index in [0.717, 1.165) is 16.9 Å². The summed E-state index contributed by atoms with van der Waals surface area (Å²) >= 11 is 0. The van der Waals surface area contributed by atoms with Crippen LogP contribution in [0.15, 0.2) is 72.8 Å². The van der Waals surface area contributed by atoms with E-state index in [0.29, 0.717) is 16.9 Å². The number of nitrogens with zero attached hydrogens (tertiary/aromatic N) is 1. The van der Waals surface area contributed by atoms with E-state index in [1.807, 2.05) is 19.1 Å². The van der Waals surface area contributed by atoms with Gasteiger partial charge in [-0.15, -0.1) is 0 Å². The monoisotopic (exact) mass is 419 g/mol. The topological polar surface area (TPSA) is 81.7 Å². The van der Waals surface area contributed by atoms with Crippen LogP contribution in [0.1, 0.15) is 23.6 Å². The lowest BCUT2D eigenvalue weighted by Crippen LogP contribution is -2.62. The van der Waals surface area contributed by atoms with Crippen molar-refractivity contribution < 1.29 is 19.1 Å². The fraction of sp³-hybridized carbons (Fsp3) is 0.167. The minimum Gasteiger partial charge on any atom is -0.359 e. The summed E-state index contributed by atoms with van der Waals surface area (Å²) in [6, 6.07) is 18.8.